The van der Waals surface area contributed by atoms with Crippen LogP contribution in [0.15, 0.2) is 66.0 Å². The van der Waals surface area contributed by atoms with Crippen LogP contribution in [0.4, 0.5) is 0 Å². The summed E-state index contributed by atoms with van der Waals surface area (Å²) < 4.78 is 28.8. The predicted octanol–water partition coefficient (Wildman–Crippen LogP) is 1.96. The van der Waals surface area contributed by atoms with Crippen molar-refractivity contribution in [2.45, 2.75) is 11.4 Å². The Morgan fingerprint density at radius 3 is 2.61 bits per heavy atom. The number of nitrogens with zero attached hydrogens (tertiary/aromatic N) is 3. The summed E-state index contributed by atoms with van der Waals surface area (Å²) in [6, 6.07) is 12.1. The smallest absolute Gasteiger partial charge is 0.240 e. The van der Waals surface area contributed by atoms with Gasteiger partial charge in [0, 0.05) is 37.7 Å². The lowest BCUT2D eigenvalue weighted by atomic mass is 10.1. The summed E-state index contributed by atoms with van der Waals surface area (Å²) in [6.45, 7) is 0.177. The minimum atomic E-state index is -3.53. The molecule has 1 aromatic carbocycles. The largest absolute Gasteiger partial charge is 0.268 e. The molecule has 0 atom stereocenters. The molecule has 0 radical (unpaired) electrons. The fraction of sp³-hybridized carbons (Fsp3) is 0.125. The second kappa shape index (κ2) is 6.31. The van der Waals surface area contributed by atoms with E-state index in [1.165, 1.54) is 0 Å². The van der Waals surface area contributed by atoms with E-state index >= 15 is 0 Å². The molecule has 0 saturated carbocycles. The van der Waals surface area contributed by atoms with Crippen molar-refractivity contribution in [1.29, 1.82) is 0 Å². The van der Waals surface area contributed by atoms with E-state index in [0.29, 0.717) is 0 Å². The topological polar surface area (TPSA) is 76.9 Å². The SMILES string of the molecule is Cn1nccc1-c1cncc(CNS(=O)(=O)c2ccccc2)c1. The third kappa shape index (κ3) is 3.46. The standard InChI is InChI=1S/C16H16N4O2S/c1-20-16(7-8-18-20)14-9-13(10-17-12-14)11-19-23(21,22)15-5-3-2-4-6-15/h2-10,12,19H,11H2,1H3. The number of sulfonamides is 1. The van der Waals surface area contributed by atoms with Crippen molar-refractivity contribution in [3.8, 4) is 11.3 Å². The Morgan fingerprint density at radius 2 is 1.91 bits per heavy atom. The maximum atomic E-state index is 12.2. The summed E-state index contributed by atoms with van der Waals surface area (Å²) in [5.41, 5.74) is 2.59. The number of aryl methyl sites for hydroxylation is 1. The van der Waals surface area contributed by atoms with E-state index < -0.39 is 10.0 Å². The van der Waals surface area contributed by atoms with Crippen molar-refractivity contribution in [3.05, 3.63) is 66.6 Å². The van der Waals surface area contributed by atoms with Gasteiger partial charge >= 0.3 is 0 Å². The quantitative estimate of drug-likeness (QED) is 0.777. The van der Waals surface area contributed by atoms with Crippen molar-refractivity contribution in [3.63, 3.8) is 0 Å². The minimum Gasteiger partial charge on any atom is -0.268 e. The molecule has 3 aromatic rings. The molecule has 0 bridgehead atoms. The number of benzene rings is 1. The van der Waals surface area contributed by atoms with E-state index in [2.05, 4.69) is 14.8 Å². The molecule has 0 saturated heterocycles. The van der Waals surface area contributed by atoms with Gasteiger partial charge in [0.2, 0.25) is 10.0 Å². The number of pyridine rings is 1. The minimum absolute atomic E-state index is 0.177. The molecule has 23 heavy (non-hydrogen) atoms. The molecule has 2 heterocycles. The highest BCUT2D eigenvalue weighted by Crippen LogP contribution is 2.18. The molecule has 0 unspecified atom stereocenters. The van der Waals surface area contributed by atoms with Gasteiger partial charge in [0.25, 0.3) is 0 Å². The first-order valence-corrected chi connectivity index (χ1v) is 8.51. The molecule has 0 aliphatic carbocycles. The van der Waals surface area contributed by atoms with E-state index in [4.69, 9.17) is 0 Å². The van der Waals surface area contributed by atoms with Crippen LogP contribution in [0.25, 0.3) is 11.3 Å². The van der Waals surface area contributed by atoms with Gasteiger partial charge in [0.05, 0.1) is 10.6 Å². The summed E-state index contributed by atoms with van der Waals surface area (Å²) in [5, 5.41) is 4.12. The number of aromatic nitrogens is 3. The van der Waals surface area contributed by atoms with Crippen LogP contribution in [0, 0.1) is 0 Å². The first kappa shape index (κ1) is 15.4. The Hall–Kier alpha value is -2.51. The predicted molar refractivity (Wildman–Crippen MR) is 86.9 cm³/mol. The van der Waals surface area contributed by atoms with Gasteiger partial charge in [-0.2, -0.15) is 5.10 Å². The Morgan fingerprint density at radius 1 is 1.13 bits per heavy atom. The zero-order valence-corrected chi connectivity index (χ0v) is 13.4. The van der Waals surface area contributed by atoms with E-state index in [-0.39, 0.29) is 11.4 Å². The number of hydrogen-bond donors (Lipinski definition) is 1. The molecule has 7 heteroatoms. The van der Waals surface area contributed by atoms with Gasteiger partial charge in [-0.3, -0.25) is 9.67 Å². The van der Waals surface area contributed by atoms with Crippen LogP contribution in [-0.2, 0) is 23.6 Å². The van der Waals surface area contributed by atoms with Gasteiger partial charge in [-0.05, 0) is 29.8 Å². The van der Waals surface area contributed by atoms with Crippen molar-refractivity contribution in [2.75, 3.05) is 0 Å². The second-order valence-corrected chi connectivity index (χ2v) is 6.83. The van der Waals surface area contributed by atoms with Crippen molar-refractivity contribution in [1.82, 2.24) is 19.5 Å². The van der Waals surface area contributed by atoms with Gasteiger partial charge in [0.1, 0.15) is 0 Å². The zero-order chi connectivity index (χ0) is 16.3. The first-order valence-electron chi connectivity index (χ1n) is 7.03. The van der Waals surface area contributed by atoms with Crippen LogP contribution < -0.4 is 4.72 Å². The fourth-order valence-electron chi connectivity index (χ4n) is 2.24. The molecule has 0 amide bonds. The van der Waals surface area contributed by atoms with Crippen LogP contribution in [0.2, 0.25) is 0 Å². The molecule has 1 N–H and O–H groups in total. The van der Waals surface area contributed by atoms with Gasteiger partial charge in [-0.25, -0.2) is 13.1 Å². The van der Waals surface area contributed by atoms with E-state index in [1.807, 2.05) is 19.2 Å². The third-order valence-electron chi connectivity index (χ3n) is 3.43. The van der Waals surface area contributed by atoms with E-state index in [1.54, 1.807) is 53.6 Å². The average molecular weight is 328 g/mol. The van der Waals surface area contributed by atoms with Crippen LogP contribution >= 0.6 is 0 Å². The van der Waals surface area contributed by atoms with Crippen LogP contribution in [0.3, 0.4) is 0 Å². The second-order valence-electron chi connectivity index (χ2n) is 5.06. The molecule has 0 spiro atoms. The zero-order valence-electron chi connectivity index (χ0n) is 12.5. The monoisotopic (exact) mass is 328 g/mol. The lowest BCUT2D eigenvalue weighted by molar-refractivity contribution is 0.581. The van der Waals surface area contributed by atoms with Crippen LogP contribution in [0.5, 0.6) is 0 Å². The highest BCUT2D eigenvalue weighted by atomic mass is 32.2. The normalized spacial score (nSPS) is 11.5. The molecular formula is C16H16N4O2S. The molecule has 0 fully saturated rings. The van der Waals surface area contributed by atoms with Crippen molar-refractivity contribution in [2.24, 2.45) is 7.05 Å². The Bertz CT molecular complexity index is 905. The highest BCUT2D eigenvalue weighted by Gasteiger charge is 2.13. The van der Waals surface area contributed by atoms with Crippen molar-refractivity contribution >= 4 is 10.0 Å². The van der Waals surface area contributed by atoms with E-state index in [0.717, 1.165) is 16.8 Å². The summed E-state index contributed by atoms with van der Waals surface area (Å²) >= 11 is 0. The molecular weight excluding hydrogens is 312 g/mol. The molecule has 118 valence electrons. The number of rotatable bonds is 5. The fourth-order valence-corrected chi connectivity index (χ4v) is 3.28. The summed E-state index contributed by atoms with van der Waals surface area (Å²) in [7, 11) is -1.68. The van der Waals surface area contributed by atoms with Gasteiger partial charge in [0.15, 0.2) is 0 Å². The maximum Gasteiger partial charge on any atom is 0.240 e. The van der Waals surface area contributed by atoms with Crippen LogP contribution in [-0.4, -0.2) is 23.2 Å². The third-order valence-corrected chi connectivity index (χ3v) is 4.85. The molecule has 3 rings (SSSR count). The van der Waals surface area contributed by atoms with Crippen molar-refractivity contribution < 1.29 is 8.42 Å². The first-order chi connectivity index (χ1) is 11.1. The molecule has 2 aromatic heterocycles. The van der Waals surface area contributed by atoms with Gasteiger partial charge in [-0.15, -0.1) is 0 Å². The molecule has 0 aliphatic rings. The summed E-state index contributed by atoms with van der Waals surface area (Å²) in [6.07, 6.45) is 5.08. The van der Waals surface area contributed by atoms with Gasteiger partial charge in [-0.1, -0.05) is 18.2 Å². The Kier molecular flexibility index (Phi) is 4.22. The lowest BCUT2D eigenvalue weighted by Crippen LogP contribution is -2.23. The van der Waals surface area contributed by atoms with Crippen LogP contribution in [0.1, 0.15) is 5.56 Å². The molecule has 0 aliphatic heterocycles. The number of nitrogens with one attached hydrogen (secondary N) is 1. The number of hydrogen-bond acceptors (Lipinski definition) is 4. The van der Waals surface area contributed by atoms with E-state index in [9.17, 15) is 8.42 Å². The molecule has 6 nitrogen and oxygen atoms in total. The van der Waals surface area contributed by atoms with Gasteiger partial charge < -0.3 is 0 Å². The maximum absolute atomic E-state index is 12.2. The summed E-state index contributed by atoms with van der Waals surface area (Å²) in [4.78, 5) is 4.43. The lowest BCUT2D eigenvalue weighted by Gasteiger charge is -2.08. The summed E-state index contributed by atoms with van der Waals surface area (Å²) in [5.74, 6) is 0. The highest BCUT2D eigenvalue weighted by molar-refractivity contribution is 7.89. The Labute approximate surface area is 134 Å². The Balaban J connectivity index is 1.78. The average Bonchev–Trinajstić information content (AvgIpc) is 3.00.